The average molecular weight is 797 g/mol. The monoisotopic (exact) mass is 794 g/mol. The largest absolute Gasteiger partial charge is 4.00 e. The number of hydrogen-bond donors (Lipinski definition) is 0. The van der Waals surface area contributed by atoms with Gasteiger partial charge in [-0.1, -0.05) is 152 Å². The molecule has 4 heteroatoms. The van der Waals surface area contributed by atoms with Crippen LogP contribution in [0.2, 0.25) is 13.1 Å². The van der Waals surface area contributed by atoms with Gasteiger partial charge in [-0.25, -0.2) is 0 Å². The van der Waals surface area contributed by atoms with Gasteiger partial charge in [-0.2, -0.15) is 10.4 Å². The Morgan fingerprint density at radius 3 is 1.22 bits per heavy atom. The number of fused-ring (bicyclic) bond motifs is 2. The zero-order valence-corrected chi connectivity index (χ0v) is 36.4. The van der Waals surface area contributed by atoms with Crippen molar-refractivity contribution in [3.05, 3.63) is 119 Å². The molecule has 0 bridgehead atoms. The summed E-state index contributed by atoms with van der Waals surface area (Å²) < 4.78 is 0. The molecule has 6 aromatic carbocycles. The van der Waals surface area contributed by atoms with Crippen LogP contribution in [-0.2, 0) is 39.0 Å². The van der Waals surface area contributed by atoms with Crippen molar-refractivity contribution in [1.29, 1.82) is 0 Å². The fourth-order valence-corrected chi connectivity index (χ4v) is 12.1. The second kappa shape index (κ2) is 18.0. The third kappa shape index (κ3) is 8.20. The maximum absolute atomic E-state index is 2.67. The number of hydrogen-bond acceptors (Lipinski definition) is 0. The molecule has 0 N–H and O–H groups in total. The summed E-state index contributed by atoms with van der Waals surface area (Å²) in [4.78, 5) is 0. The average Bonchev–Trinajstić information content (AvgIpc) is 3.65. The molecule has 50 heavy (non-hydrogen) atoms. The number of unbranched alkanes of at least 4 members (excludes halogenated alkanes) is 2. The molecule has 0 radical (unpaired) electrons. The van der Waals surface area contributed by atoms with E-state index in [0.29, 0.717) is 11.8 Å². The summed E-state index contributed by atoms with van der Waals surface area (Å²) >= 11 is 0. The Hall–Kier alpha value is -2.22. The van der Waals surface area contributed by atoms with E-state index in [1.165, 1.54) is 80.6 Å². The van der Waals surface area contributed by atoms with Gasteiger partial charge in [0.1, 0.15) is 0 Å². The minimum Gasteiger partial charge on any atom is -1.00 e. The van der Waals surface area contributed by atoms with Gasteiger partial charge in [0.2, 0.25) is 0 Å². The van der Waals surface area contributed by atoms with Crippen LogP contribution < -0.4 is 35.2 Å². The molecule has 0 spiro atoms. The van der Waals surface area contributed by atoms with Crippen LogP contribution in [0.25, 0.3) is 43.8 Å². The van der Waals surface area contributed by atoms with E-state index in [0.717, 1.165) is 12.8 Å². The van der Waals surface area contributed by atoms with Crippen molar-refractivity contribution in [2.45, 2.75) is 105 Å². The molecular formula is C46H54Cl2SiZr. The van der Waals surface area contributed by atoms with Gasteiger partial charge in [-0.05, 0) is 46.9 Å². The summed E-state index contributed by atoms with van der Waals surface area (Å²) in [5.41, 5.74) is 11.4. The van der Waals surface area contributed by atoms with E-state index >= 15 is 0 Å². The molecule has 0 aliphatic carbocycles. The fraction of sp³-hybridized carbons (Fsp3) is 0.348. The van der Waals surface area contributed by atoms with E-state index in [2.05, 4.69) is 152 Å². The maximum Gasteiger partial charge on any atom is 4.00 e. The number of benzene rings is 4. The summed E-state index contributed by atoms with van der Waals surface area (Å²) in [7, 11) is -2.26. The summed E-state index contributed by atoms with van der Waals surface area (Å²) in [6.45, 7) is 19.1. The number of halogens is 2. The van der Waals surface area contributed by atoms with Crippen LogP contribution in [0.3, 0.4) is 0 Å². The summed E-state index contributed by atoms with van der Waals surface area (Å²) in [5, 5.41) is 9.16. The van der Waals surface area contributed by atoms with E-state index in [1.54, 1.807) is 21.5 Å². The Morgan fingerprint density at radius 2 is 0.900 bits per heavy atom. The van der Waals surface area contributed by atoms with Crippen LogP contribution in [0.5, 0.6) is 0 Å². The molecule has 0 aliphatic rings. The standard InChI is InChI=1S/C46H54Si.2ClH.Zr/c1-9-11-15-39-29-37-17-13-19-41(35-25-21-33(22-26-35)31(3)4)43(37)45(39)47(7,8)46-40(16-12-10-2)30-38-18-14-20-42(44(38)46)36-27-23-34(24-28-36)32(5)6;;;/h13-14,17-32H,9-12,15-16H2,1-8H3;2*1H;/q-2;;;+4/p-2. The summed E-state index contributed by atoms with van der Waals surface area (Å²) in [6.07, 6.45) is 7.17. The molecule has 0 saturated heterocycles. The van der Waals surface area contributed by atoms with Crippen molar-refractivity contribution in [3.63, 3.8) is 0 Å². The Balaban J connectivity index is 0.00000225. The number of rotatable bonds is 12. The summed E-state index contributed by atoms with van der Waals surface area (Å²) in [6, 6.07) is 38.0. The van der Waals surface area contributed by atoms with Gasteiger partial charge < -0.3 is 24.8 Å². The first-order valence-electron chi connectivity index (χ1n) is 18.3. The van der Waals surface area contributed by atoms with Crippen molar-refractivity contribution < 1.29 is 51.0 Å². The molecule has 0 unspecified atom stereocenters. The Morgan fingerprint density at radius 1 is 0.540 bits per heavy atom. The second-order valence-corrected chi connectivity index (χ2v) is 19.3. The Kier molecular flexibility index (Phi) is 15.2. The van der Waals surface area contributed by atoms with Crippen LogP contribution in [0.15, 0.2) is 97.1 Å². The molecule has 260 valence electrons. The molecule has 6 rings (SSSR count). The van der Waals surface area contributed by atoms with Gasteiger partial charge in [-0.3, -0.25) is 0 Å². The normalized spacial score (nSPS) is 11.6. The number of aryl methyl sites for hydroxylation is 2. The molecule has 0 amide bonds. The van der Waals surface area contributed by atoms with Gasteiger partial charge in [-0.15, -0.1) is 69.1 Å². The zero-order valence-electron chi connectivity index (χ0n) is 31.4. The molecular weight excluding hydrogens is 743 g/mol. The Labute approximate surface area is 335 Å². The van der Waals surface area contributed by atoms with Gasteiger partial charge in [0.05, 0.1) is 0 Å². The van der Waals surface area contributed by atoms with Crippen molar-refractivity contribution in [2.75, 3.05) is 0 Å². The van der Waals surface area contributed by atoms with Crippen LogP contribution in [-0.4, -0.2) is 8.07 Å². The molecule has 0 atom stereocenters. The van der Waals surface area contributed by atoms with E-state index in [1.807, 2.05) is 0 Å². The summed E-state index contributed by atoms with van der Waals surface area (Å²) in [5.74, 6) is 1.06. The molecule has 0 fully saturated rings. The first-order valence-corrected chi connectivity index (χ1v) is 21.3. The van der Waals surface area contributed by atoms with E-state index in [-0.39, 0.29) is 51.0 Å². The van der Waals surface area contributed by atoms with Gasteiger partial charge in [0, 0.05) is 8.07 Å². The third-order valence-corrected chi connectivity index (χ3v) is 14.3. The molecule has 0 heterocycles. The van der Waals surface area contributed by atoms with Gasteiger partial charge in [0.15, 0.2) is 0 Å². The predicted molar refractivity (Wildman–Crippen MR) is 212 cm³/mol. The van der Waals surface area contributed by atoms with Crippen LogP contribution >= 0.6 is 0 Å². The third-order valence-electron chi connectivity index (χ3n) is 10.6. The van der Waals surface area contributed by atoms with Crippen molar-refractivity contribution in [3.8, 4) is 22.3 Å². The zero-order chi connectivity index (χ0) is 33.3. The van der Waals surface area contributed by atoms with Crippen LogP contribution in [0.4, 0.5) is 0 Å². The van der Waals surface area contributed by atoms with Crippen molar-refractivity contribution in [1.82, 2.24) is 0 Å². The van der Waals surface area contributed by atoms with Gasteiger partial charge >= 0.3 is 26.2 Å². The SMILES string of the molecule is CCCCc1[cH-]c2cccc(-c3ccc(C(C)C)cc3)c2c1[Si](C)(C)c1c(CCCC)[cH-]c2cccc(-c3ccc(C(C)C)cc3)c12.[Cl-].[Cl-].[Zr+4]. The molecule has 0 saturated carbocycles. The van der Waals surface area contributed by atoms with E-state index < -0.39 is 8.07 Å². The first kappa shape index (κ1) is 42.2. The minimum atomic E-state index is -2.26. The predicted octanol–water partition coefficient (Wildman–Crippen LogP) is 6.52. The van der Waals surface area contributed by atoms with Crippen molar-refractivity contribution >= 4 is 40.0 Å². The minimum absolute atomic E-state index is 0. The molecule has 0 aromatic heterocycles. The quantitative estimate of drug-likeness (QED) is 0.0978. The topological polar surface area (TPSA) is 0 Å². The Bertz CT molecular complexity index is 1830. The molecule has 6 aromatic rings. The molecule has 0 nitrogen and oxygen atoms in total. The maximum atomic E-state index is 2.67. The van der Waals surface area contributed by atoms with Crippen molar-refractivity contribution in [2.24, 2.45) is 0 Å². The van der Waals surface area contributed by atoms with Crippen LogP contribution in [0, 0.1) is 0 Å². The smallest absolute Gasteiger partial charge is 1.00 e. The fourth-order valence-electron chi connectivity index (χ4n) is 8.04. The first-order chi connectivity index (χ1) is 22.6. The molecule has 0 aliphatic heterocycles. The van der Waals surface area contributed by atoms with E-state index in [4.69, 9.17) is 0 Å². The van der Waals surface area contributed by atoms with Gasteiger partial charge in [0.25, 0.3) is 0 Å². The van der Waals surface area contributed by atoms with E-state index in [9.17, 15) is 0 Å². The van der Waals surface area contributed by atoms with Crippen LogP contribution in [0.1, 0.15) is 101 Å². The second-order valence-electron chi connectivity index (χ2n) is 15.0.